The Morgan fingerprint density at radius 1 is 1.19 bits per heavy atom. The maximum Gasteiger partial charge on any atom is 0.152 e. The van der Waals surface area contributed by atoms with E-state index in [2.05, 4.69) is 5.32 Å². The van der Waals surface area contributed by atoms with Gasteiger partial charge in [0.05, 0.1) is 18.1 Å². The second-order valence-electron chi connectivity index (χ2n) is 5.68. The fourth-order valence-corrected chi connectivity index (χ4v) is 3.36. The Morgan fingerprint density at radius 2 is 1.81 bits per heavy atom. The van der Waals surface area contributed by atoms with E-state index in [0.29, 0.717) is 12.3 Å². The van der Waals surface area contributed by atoms with Gasteiger partial charge in [0.2, 0.25) is 0 Å². The first-order valence-corrected chi connectivity index (χ1v) is 9.09. The molecule has 1 atom stereocenters. The van der Waals surface area contributed by atoms with Crippen molar-refractivity contribution < 1.29 is 13.2 Å². The number of sulfone groups is 1. The van der Waals surface area contributed by atoms with Crippen LogP contribution in [0, 0.1) is 5.92 Å². The largest absolute Gasteiger partial charge is 0.497 e. The van der Waals surface area contributed by atoms with Gasteiger partial charge < -0.3 is 10.1 Å². The summed E-state index contributed by atoms with van der Waals surface area (Å²) >= 11 is 0. The van der Waals surface area contributed by atoms with Crippen LogP contribution in [0.2, 0.25) is 0 Å². The highest BCUT2D eigenvalue weighted by Gasteiger charge is 2.19. The Kier molecular flexibility index (Phi) is 7.18. The number of hydrogen-bond donors (Lipinski definition) is 1. The molecule has 0 saturated carbocycles. The van der Waals surface area contributed by atoms with Crippen LogP contribution >= 0.6 is 0 Å². The van der Waals surface area contributed by atoms with Gasteiger partial charge >= 0.3 is 0 Å². The van der Waals surface area contributed by atoms with Crippen molar-refractivity contribution in [2.45, 2.75) is 31.9 Å². The number of hydrogen-bond acceptors (Lipinski definition) is 4. The highest BCUT2D eigenvalue weighted by atomic mass is 32.2. The van der Waals surface area contributed by atoms with Crippen LogP contribution in [0.25, 0.3) is 0 Å². The number of benzene rings is 1. The van der Waals surface area contributed by atoms with Crippen LogP contribution in [0.4, 0.5) is 0 Å². The van der Waals surface area contributed by atoms with Gasteiger partial charge in [0.15, 0.2) is 9.84 Å². The van der Waals surface area contributed by atoms with Gasteiger partial charge in [-0.3, -0.25) is 0 Å². The van der Waals surface area contributed by atoms with Gasteiger partial charge in [-0.2, -0.15) is 0 Å². The van der Waals surface area contributed by atoms with E-state index in [-0.39, 0.29) is 11.0 Å². The molecule has 1 aromatic rings. The summed E-state index contributed by atoms with van der Waals surface area (Å²) in [6.45, 7) is 4.30. The van der Waals surface area contributed by atoms with Crippen LogP contribution in [0.1, 0.15) is 25.8 Å². The van der Waals surface area contributed by atoms with Crippen molar-refractivity contribution in [1.29, 1.82) is 0 Å². The number of rotatable bonds is 9. The van der Waals surface area contributed by atoms with Crippen LogP contribution in [0.5, 0.6) is 5.75 Å². The van der Waals surface area contributed by atoms with Crippen LogP contribution in [-0.4, -0.2) is 40.1 Å². The molecular formula is C16H27NO3S. The number of methoxy groups -OCH3 is 1. The minimum Gasteiger partial charge on any atom is -0.497 e. The van der Waals surface area contributed by atoms with Crippen LogP contribution < -0.4 is 10.1 Å². The zero-order valence-corrected chi connectivity index (χ0v) is 14.2. The third-order valence-electron chi connectivity index (χ3n) is 3.71. The third-order valence-corrected chi connectivity index (χ3v) is 5.95. The summed E-state index contributed by atoms with van der Waals surface area (Å²) in [5, 5.41) is 2.86. The Hall–Kier alpha value is -1.07. The first-order valence-electron chi connectivity index (χ1n) is 7.38. The smallest absolute Gasteiger partial charge is 0.152 e. The van der Waals surface area contributed by atoms with Gasteiger partial charge in [0.25, 0.3) is 0 Å². The van der Waals surface area contributed by atoms with Gasteiger partial charge in [-0.25, -0.2) is 8.42 Å². The van der Waals surface area contributed by atoms with Crippen molar-refractivity contribution in [3.8, 4) is 5.75 Å². The van der Waals surface area contributed by atoms with E-state index in [9.17, 15) is 8.42 Å². The fourth-order valence-electron chi connectivity index (χ4n) is 2.23. The summed E-state index contributed by atoms with van der Waals surface area (Å²) in [5.74, 6) is 1.41. The first kappa shape index (κ1) is 18.0. The quantitative estimate of drug-likeness (QED) is 0.760. The molecule has 5 heteroatoms. The molecular weight excluding hydrogens is 286 g/mol. The lowest BCUT2D eigenvalue weighted by atomic mass is 9.97. The zero-order valence-electron chi connectivity index (χ0n) is 13.4. The molecule has 0 aliphatic carbocycles. The Labute approximate surface area is 128 Å². The topological polar surface area (TPSA) is 55.4 Å². The monoisotopic (exact) mass is 313 g/mol. The SMILES string of the molecule is CNCC(CCS(=O)(=O)C(C)C)Cc1ccc(OC)cc1. The molecule has 0 bridgehead atoms. The van der Waals surface area contributed by atoms with Crippen LogP contribution in [-0.2, 0) is 16.3 Å². The second kappa shape index (κ2) is 8.39. The average molecular weight is 313 g/mol. The standard InChI is InChI=1S/C16H27NO3S/c1-13(2)21(18,19)10-9-15(12-17-3)11-14-5-7-16(20-4)8-6-14/h5-8,13,15,17H,9-12H2,1-4H3. The molecule has 0 aliphatic rings. The highest BCUT2D eigenvalue weighted by molar-refractivity contribution is 7.91. The maximum absolute atomic E-state index is 11.9. The fraction of sp³-hybridized carbons (Fsp3) is 0.625. The predicted molar refractivity (Wildman–Crippen MR) is 87.7 cm³/mol. The van der Waals surface area contributed by atoms with E-state index in [0.717, 1.165) is 18.7 Å². The van der Waals surface area contributed by atoms with Gasteiger partial charge in [0.1, 0.15) is 5.75 Å². The summed E-state index contributed by atoms with van der Waals surface area (Å²) in [4.78, 5) is 0. The summed E-state index contributed by atoms with van der Waals surface area (Å²) in [5.41, 5.74) is 1.21. The van der Waals surface area contributed by atoms with E-state index in [1.165, 1.54) is 5.56 Å². The Bertz CT molecular complexity index is 509. The van der Waals surface area contributed by atoms with Crippen molar-refractivity contribution in [3.05, 3.63) is 29.8 Å². The van der Waals surface area contributed by atoms with Crippen molar-refractivity contribution in [3.63, 3.8) is 0 Å². The summed E-state index contributed by atoms with van der Waals surface area (Å²) in [7, 11) is 0.587. The molecule has 120 valence electrons. The zero-order chi connectivity index (χ0) is 15.9. The van der Waals surface area contributed by atoms with Crippen molar-refractivity contribution in [2.24, 2.45) is 5.92 Å². The lowest BCUT2D eigenvalue weighted by molar-refractivity contribution is 0.414. The minimum atomic E-state index is -2.96. The van der Waals surface area contributed by atoms with Crippen molar-refractivity contribution in [2.75, 3.05) is 26.5 Å². The molecule has 0 saturated heterocycles. The molecule has 0 heterocycles. The molecule has 1 N–H and O–H groups in total. The van der Waals surface area contributed by atoms with E-state index in [4.69, 9.17) is 4.74 Å². The predicted octanol–water partition coefficient (Wildman–Crippen LogP) is 2.29. The van der Waals surface area contributed by atoms with E-state index in [1.807, 2.05) is 31.3 Å². The minimum absolute atomic E-state index is 0.257. The third kappa shape index (κ3) is 6.06. The molecule has 0 amide bonds. The lowest BCUT2D eigenvalue weighted by Gasteiger charge is -2.17. The summed E-state index contributed by atoms with van der Waals surface area (Å²) in [6.07, 6.45) is 1.56. The molecule has 0 aromatic heterocycles. The number of ether oxygens (including phenoxy) is 1. The van der Waals surface area contributed by atoms with E-state index in [1.54, 1.807) is 21.0 Å². The molecule has 0 fully saturated rings. The number of nitrogens with one attached hydrogen (secondary N) is 1. The van der Waals surface area contributed by atoms with Crippen LogP contribution in [0.3, 0.4) is 0 Å². The Morgan fingerprint density at radius 3 is 2.29 bits per heavy atom. The van der Waals surface area contributed by atoms with Crippen LogP contribution in [0.15, 0.2) is 24.3 Å². The molecule has 1 unspecified atom stereocenters. The van der Waals surface area contributed by atoms with Gasteiger partial charge in [-0.05, 0) is 63.9 Å². The first-order chi connectivity index (χ1) is 9.89. The Balaban J connectivity index is 2.64. The molecule has 1 aromatic carbocycles. The van der Waals surface area contributed by atoms with Gasteiger partial charge in [-0.1, -0.05) is 12.1 Å². The summed E-state index contributed by atoms with van der Waals surface area (Å²) in [6, 6.07) is 7.96. The van der Waals surface area contributed by atoms with E-state index >= 15 is 0 Å². The van der Waals surface area contributed by atoms with E-state index < -0.39 is 9.84 Å². The normalized spacial score (nSPS) is 13.4. The lowest BCUT2D eigenvalue weighted by Crippen LogP contribution is -2.25. The molecule has 21 heavy (non-hydrogen) atoms. The van der Waals surface area contributed by atoms with Gasteiger partial charge in [0, 0.05) is 0 Å². The molecule has 4 nitrogen and oxygen atoms in total. The molecule has 0 spiro atoms. The van der Waals surface area contributed by atoms with Gasteiger partial charge in [-0.15, -0.1) is 0 Å². The average Bonchev–Trinajstić information content (AvgIpc) is 2.45. The second-order valence-corrected chi connectivity index (χ2v) is 8.36. The molecule has 1 rings (SSSR count). The molecule has 0 radical (unpaired) electrons. The van der Waals surface area contributed by atoms with Crippen molar-refractivity contribution in [1.82, 2.24) is 5.32 Å². The molecule has 0 aliphatic heterocycles. The summed E-state index contributed by atoms with van der Waals surface area (Å²) < 4.78 is 29.0. The maximum atomic E-state index is 11.9. The van der Waals surface area contributed by atoms with Crippen molar-refractivity contribution >= 4 is 9.84 Å². The highest BCUT2D eigenvalue weighted by Crippen LogP contribution is 2.17.